The van der Waals surface area contributed by atoms with Crippen LogP contribution in [-0.2, 0) is 0 Å². The lowest BCUT2D eigenvalue weighted by Gasteiger charge is -2.41. The van der Waals surface area contributed by atoms with Crippen LogP contribution in [0, 0.1) is 5.92 Å². The van der Waals surface area contributed by atoms with E-state index in [-0.39, 0.29) is 11.8 Å². The van der Waals surface area contributed by atoms with Crippen LogP contribution in [0.1, 0.15) is 30.6 Å². The molecule has 5 heteroatoms. The Morgan fingerprint density at radius 1 is 1.41 bits per heavy atom. The zero-order valence-electron chi connectivity index (χ0n) is 12.8. The van der Waals surface area contributed by atoms with Gasteiger partial charge in [0.1, 0.15) is 0 Å². The van der Waals surface area contributed by atoms with Gasteiger partial charge >= 0.3 is 0 Å². The Labute approximate surface area is 129 Å². The zero-order chi connectivity index (χ0) is 15.7. The first-order valence-electron chi connectivity index (χ1n) is 7.48. The van der Waals surface area contributed by atoms with E-state index >= 15 is 0 Å². The number of aliphatic hydroxyl groups is 1. The molecule has 0 spiro atoms. The molecule has 2 atom stereocenters. The zero-order valence-corrected chi connectivity index (χ0v) is 12.8. The number of nitrogens with zero attached hydrogens (tertiary/aromatic N) is 2. The van der Waals surface area contributed by atoms with Gasteiger partial charge in [-0.1, -0.05) is 19.1 Å². The number of rotatable bonds is 2. The quantitative estimate of drug-likeness (QED) is 0.925. The highest BCUT2D eigenvalue weighted by Gasteiger charge is 2.36. The van der Waals surface area contributed by atoms with Crippen LogP contribution < -0.4 is 0 Å². The summed E-state index contributed by atoms with van der Waals surface area (Å²) in [5, 5.41) is 10.2. The lowest BCUT2D eigenvalue weighted by molar-refractivity contribution is -0.0439. The van der Waals surface area contributed by atoms with E-state index in [2.05, 4.69) is 4.98 Å². The first kappa shape index (κ1) is 14.8. The molecule has 0 radical (unpaired) electrons. The van der Waals surface area contributed by atoms with E-state index < -0.39 is 5.60 Å². The molecule has 0 bridgehead atoms. The molecule has 5 nitrogen and oxygen atoms in total. The SMILES string of the molecule is C[C@@H]1CN(C(=O)c2ccc(-c3cnco3)cc2)CC[C@]1(C)O. The molecule has 3 rings (SSSR count). The van der Waals surface area contributed by atoms with E-state index in [1.165, 1.54) is 6.39 Å². The van der Waals surface area contributed by atoms with E-state index in [1.54, 1.807) is 18.3 Å². The Morgan fingerprint density at radius 3 is 2.73 bits per heavy atom. The van der Waals surface area contributed by atoms with Gasteiger partial charge < -0.3 is 14.4 Å². The molecule has 0 unspecified atom stereocenters. The third kappa shape index (κ3) is 2.76. The van der Waals surface area contributed by atoms with E-state index in [0.717, 1.165) is 5.56 Å². The Hall–Kier alpha value is -2.14. The largest absolute Gasteiger partial charge is 0.444 e. The number of piperidine rings is 1. The van der Waals surface area contributed by atoms with Crippen LogP contribution in [0.4, 0.5) is 0 Å². The van der Waals surface area contributed by atoms with Crippen molar-refractivity contribution in [3.05, 3.63) is 42.4 Å². The van der Waals surface area contributed by atoms with Gasteiger partial charge in [0.05, 0.1) is 11.8 Å². The van der Waals surface area contributed by atoms with Crippen molar-refractivity contribution in [2.24, 2.45) is 5.92 Å². The fourth-order valence-corrected chi connectivity index (χ4v) is 2.73. The van der Waals surface area contributed by atoms with Gasteiger partial charge in [0.25, 0.3) is 5.91 Å². The molecule has 1 N–H and O–H groups in total. The van der Waals surface area contributed by atoms with Crippen LogP contribution in [0.3, 0.4) is 0 Å². The lowest BCUT2D eigenvalue weighted by Crippen LogP contribution is -2.50. The Bertz CT molecular complexity index is 647. The Kier molecular flexibility index (Phi) is 3.74. The van der Waals surface area contributed by atoms with Crippen molar-refractivity contribution < 1.29 is 14.3 Å². The first-order chi connectivity index (χ1) is 10.5. The topological polar surface area (TPSA) is 66.6 Å². The number of oxazole rings is 1. The highest BCUT2D eigenvalue weighted by molar-refractivity contribution is 5.94. The standard InChI is InChI=1S/C17H20N2O3/c1-12-10-19(8-7-17(12,2)21)16(20)14-5-3-13(4-6-14)15-9-18-11-22-15/h3-6,9,11-12,21H,7-8,10H2,1-2H3/t12-,17+/m1/s1. The van der Waals surface area contributed by atoms with Crippen molar-refractivity contribution in [1.29, 1.82) is 0 Å². The van der Waals surface area contributed by atoms with Crippen LogP contribution in [0.5, 0.6) is 0 Å². The molecule has 1 saturated heterocycles. The lowest BCUT2D eigenvalue weighted by atomic mass is 9.84. The summed E-state index contributed by atoms with van der Waals surface area (Å²) in [7, 11) is 0. The summed E-state index contributed by atoms with van der Waals surface area (Å²) in [6.45, 7) is 4.98. The van der Waals surface area contributed by atoms with Crippen molar-refractivity contribution in [1.82, 2.24) is 9.88 Å². The number of carbonyl (C=O) groups excluding carboxylic acids is 1. The second-order valence-electron chi connectivity index (χ2n) is 6.20. The number of carbonyl (C=O) groups is 1. The fourth-order valence-electron chi connectivity index (χ4n) is 2.73. The third-order valence-electron chi connectivity index (χ3n) is 4.58. The van der Waals surface area contributed by atoms with Crippen LogP contribution in [0.15, 0.2) is 41.3 Å². The van der Waals surface area contributed by atoms with E-state index in [9.17, 15) is 9.90 Å². The van der Waals surface area contributed by atoms with Gasteiger partial charge in [-0.2, -0.15) is 0 Å². The summed E-state index contributed by atoms with van der Waals surface area (Å²) in [6, 6.07) is 7.32. The summed E-state index contributed by atoms with van der Waals surface area (Å²) in [6.07, 6.45) is 3.64. The maximum atomic E-state index is 12.6. The van der Waals surface area contributed by atoms with Gasteiger partial charge in [-0.3, -0.25) is 4.79 Å². The number of amides is 1. The maximum absolute atomic E-state index is 12.6. The molecule has 2 heterocycles. The van der Waals surface area contributed by atoms with E-state index in [1.807, 2.05) is 30.9 Å². The van der Waals surface area contributed by atoms with E-state index in [4.69, 9.17) is 4.42 Å². The molecule has 22 heavy (non-hydrogen) atoms. The van der Waals surface area contributed by atoms with Crippen LogP contribution in [0.25, 0.3) is 11.3 Å². The van der Waals surface area contributed by atoms with Gasteiger partial charge in [-0.05, 0) is 25.5 Å². The molecule has 1 aromatic carbocycles. The number of hydrogen-bond acceptors (Lipinski definition) is 4. The second-order valence-corrected chi connectivity index (χ2v) is 6.20. The molecule has 1 aromatic heterocycles. The van der Waals surface area contributed by atoms with Gasteiger partial charge in [-0.15, -0.1) is 0 Å². The molecule has 1 aliphatic rings. The van der Waals surface area contributed by atoms with Crippen LogP contribution in [-0.4, -0.2) is 39.6 Å². The third-order valence-corrected chi connectivity index (χ3v) is 4.58. The molecule has 0 aliphatic carbocycles. The summed E-state index contributed by atoms with van der Waals surface area (Å²) in [4.78, 5) is 18.3. The minimum atomic E-state index is -0.688. The highest BCUT2D eigenvalue weighted by atomic mass is 16.3. The van der Waals surface area contributed by atoms with Gasteiger partial charge in [-0.25, -0.2) is 4.98 Å². The molecular weight excluding hydrogens is 280 g/mol. The molecule has 1 fully saturated rings. The fraction of sp³-hybridized carbons (Fsp3) is 0.412. The normalized spacial score (nSPS) is 25.2. The molecule has 0 saturated carbocycles. The molecule has 1 amide bonds. The number of aromatic nitrogens is 1. The molecule has 2 aromatic rings. The summed E-state index contributed by atoms with van der Waals surface area (Å²) < 4.78 is 5.24. The van der Waals surface area contributed by atoms with Crippen LogP contribution in [0.2, 0.25) is 0 Å². The summed E-state index contributed by atoms with van der Waals surface area (Å²) in [5.41, 5.74) is 0.855. The maximum Gasteiger partial charge on any atom is 0.253 e. The summed E-state index contributed by atoms with van der Waals surface area (Å²) in [5.74, 6) is 0.756. The number of benzene rings is 1. The van der Waals surface area contributed by atoms with Crippen LogP contribution >= 0.6 is 0 Å². The van der Waals surface area contributed by atoms with Crippen molar-refractivity contribution in [3.8, 4) is 11.3 Å². The molecular formula is C17H20N2O3. The van der Waals surface area contributed by atoms with Gasteiger partial charge in [0.2, 0.25) is 0 Å². The second kappa shape index (κ2) is 5.57. The molecule has 116 valence electrons. The monoisotopic (exact) mass is 300 g/mol. The number of likely N-dealkylation sites (tertiary alicyclic amines) is 1. The van der Waals surface area contributed by atoms with Gasteiger partial charge in [0, 0.05) is 30.1 Å². The average Bonchev–Trinajstić information content (AvgIpc) is 3.04. The average molecular weight is 300 g/mol. The predicted octanol–water partition coefficient (Wildman–Crippen LogP) is 2.57. The number of hydrogen-bond donors (Lipinski definition) is 1. The Balaban J connectivity index is 1.73. The summed E-state index contributed by atoms with van der Waals surface area (Å²) >= 11 is 0. The minimum absolute atomic E-state index is 0.00599. The van der Waals surface area contributed by atoms with Crippen molar-refractivity contribution in [2.75, 3.05) is 13.1 Å². The smallest absolute Gasteiger partial charge is 0.253 e. The highest BCUT2D eigenvalue weighted by Crippen LogP contribution is 2.28. The van der Waals surface area contributed by atoms with E-state index in [0.29, 0.717) is 30.8 Å². The van der Waals surface area contributed by atoms with Crippen molar-refractivity contribution >= 4 is 5.91 Å². The first-order valence-corrected chi connectivity index (χ1v) is 7.48. The van der Waals surface area contributed by atoms with Crippen molar-refractivity contribution in [2.45, 2.75) is 25.9 Å². The Morgan fingerprint density at radius 2 is 2.14 bits per heavy atom. The van der Waals surface area contributed by atoms with Gasteiger partial charge in [0.15, 0.2) is 12.2 Å². The van der Waals surface area contributed by atoms with Crippen molar-refractivity contribution in [3.63, 3.8) is 0 Å². The molecule has 1 aliphatic heterocycles. The predicted molar refractivity (Wildman–Crippen MR) is 82.2 cm³/mol. The minimum Gasteiger partial charge on any atom is -0.444 e.